The number of halogens is 1. The second-order valence-corrected chi connectivity index (χ2v) is 7.30. The van der Waals surface area contributed by atoms with Crippen molar-refractivity contribution in [3.63, 3.8) is 0 Å². The Morgan fingerprint density at radius 2 is 1.48 bits per heavy atom. The van der Waals surface area contributed by atoms with Crippen LogP contribution >= 0.6 is 17.0 Å². The van der Waals surface area contributed by atoms with Crippen molar-refractivity contribution in [3.05, 3.63) is 60.2 Å². The molecule has 0 bridgehead atoms. The van der Waals surface area contributed by atoms with E-state index < -0.39 is 6.10 Å². The zero-order valence-corrected chi connectivity index (χ0v) is 19.6. The third kappa shape index (κ3) is 7.71. The first-order valence-corrected chi connectivity index (χ1v) is 9.81. The lowest BCUT2D eigenvalue weighted by atomic mass is 10.1. The van der Waals surface area contributed by atoms with Crippen molar-refractivity contribution in [1.29, 1.82) is 0 Å². The fraction of sp³-hybridized carbons (Fsp3) is 0.435. The number of amides is 1. The maximum absolute atomic E-state index is 12.9. The molecule has 0 fully saturated rings. The molecular weight excluding hydrogens is 432 g/mol. The topological polar surface area (TPSA) is 50.8 Å². The van der Waals surface area contributed by atoms with Gasteiger partial charge < -0.3 is 14.8 Å². The molecule has 160 valence electrons. The molecule has 1 amide bonds. The van der Waals surface area contributed by atoms with E-state index in [0.717, 1.165) is 17.9 Å². The minimum absolute atomic E-state index is 0. The van der Waals surface area contributed by atoms with Crippen LogP contribution in [0.5, 0.6) is 11.5 Å². The second-order valence-electron chi connectivity index (χ2n) is 7.30. The summed E-state index contributed by atoms with van der Waals surface area (Å²) in [5, 5.41) is 3.03. The molecule has 2 aromatic carbocycles. The smallest absolute Gasteiger partial charge is 0.265 e. The predicted octanol–water partition coefficient (Wildman–Crippen LogP) is 4.63. The molecule has 0 saturated carbocycles. The highest BCUT2D eigenvalue weighted by molar-refractivity contribution is 8.93. The van der Waals surface area contributed by atoms with Crippen LogP contribution in [0.15, 0.2) is 54.6 Å². The molecular formula is C23H33BrN2O3. The van der Waals surface area contributed by atoms with Gasteiger partial charge in [-0.1, -0.05) is 30.3 Å². The van der Waals surface area contributed by atoms with E-state index in [-0.39, 0.29) is 22.9 Å². The van der Waals surface area contributed by atoms with Gasteiger partial charge in [0.1, 0.15) is 11.5 Å². The normalized spacial score (nSPS) is 11.9. The number of carbonyl (C=O) groups is 1. The summed E-state index contributed by atoms with van der Waals surface area (Å²) in [5.74, 6) is 1.22. The lowest BCUT2D eigenvalue weighted by molar-refractivity contribution is -0.128. The summed E-state index contributed by atoms with van der Waals surface area (Å²) in [6.07, 6.45) is -0.707. The molecule has 2 aromatic rings. The maximum atomic E-state index is 12.9. The van der Waals surface area contributed by atoms with Crippen LogP contribution in [-0.4, -0.2) is 43.1 Å². The van der Waals surface area contributed by atoms with E-state index in [0.29, 0.717) is 24.4 Å². The number of carbonyl (C=O) groups excluding carboxylic acids is 1. The van der Waals surface area contributed by atoms with Crippen LogP contribution in [0.2, 0.25) is 0 Å². The van der Waals surface area contributed by atoms with E-state index in [1.165, 1.54) is 0 Å². The van der Waals surface area contributed by atoms with Crippen LogP contribution in [0.4, 0.5) is 0 Å². The van der Waals surface area contributed by atoms with Crippen molar-refractivity contribution >= 4 is 22.9 Å². The van der Waals surface area contributed by atoms with Gasteiger partial charge in [-0.15, -0.1) is 17.0 Å². The molecule has 2 rings (SSSR count). The molecule has 0 aliphatic carbocycles. The van der Waals surface area contributed by atoms with Crippen LogP contribution in [0.25, 0.3) is 0 Å². The first-order valence-electron chi connectivity index (χ1n) is 9.81. The van der Waals surface area contributed by atoms with Gasteiger partial charge in [-0.3, -0.25) is 9.69 Å². The van der Waals surface area contributed by atoms with Gasteiger partial charge in [0, 0.05) is 30.7 Å². The lowest BCUT2D eigenvalue weighted by Crippen LogP contribution is -2.43. The number of ether oxygens (including phenoxy) is 2. The Labute approximate surface area is 185 Å². The number of methoxy groups -OCH3 is 1. The number of benzene rings is 2. The molecule has 0 aromatic heterocycles. The number of rotatable bonds is 10. The van der Waals surface area contributed by atoms with Crippen LogP contribution < -0.4 is 14.8 Å². The van der Waals surface area contributed by atoms with Crippen molar-refractivity contribution in [2.45, 2.75) is 45.9 Å². The summed E-state index contributed by atoms with van der Waals surface area (Å²) >= 11 is 0. The van der Waals surface area contributed by atoms with E-state index in [4.69, 9.17) is 9.47 Å². The van der Waals surface area contributed by atoms with E-state index in [1.54, 1.807) is 19.2 Å². The molecule has 0 heterocycles. The third-order valence-corrected chi connectivity index (χ3v) is 4.65. The average Bonchev–Trinajstić information content (AvgIpc) is 2.69. The van der Waals surface area contributed by atoms with Crippen LogP contribution in [0.1, 0.15) is 39.4 Å². The summed E-state index contributed by atoms with van der Waals surface area (Å²) in [7, 11) is 1.62. The Kier molecular flexibility index (Phi) is 10.8. The number of nitrogens with zero attached hydrogens (tertiary/aromatic N) is 1. The van der Waals surface area contributed by atoms with Gasteiger partial charge in [-0.2, -0.15) is 0 Å². The Morgan fingerprint density at radius 1 is 0.931 bits per heavy atom. The molecule has 0 saturated heterocycles. The van der Waals surface area contributed by atoms with Crippen LogP contribution in [0, 0.1) is 0 Å². The summed E-state index contributed by atoms with van der Waals surface area (Å²) in [6.45, 7) is 10.0. The van der Waals surface area contributed by atoms with E-state index >= 15 is 0 Å². The molecule has 0 spiro atoms. The van der Waals surface area contributed by atoms with E-state index in [2.05, 4.69) is 37.9 Å². The van der Waals surface area contributed by atoms with Crippen molar-refractivity contribution in [2.24, 2.45) is 0 Å². The van der Waals surface area contributed by atoms with Crippen molar-refractivity contribution in [3.8, 4) is 11.5 Å². The maximum Gasteiger partial charge on any atom is 0.265 e. The fourth-order valence-corrected chi connectivity index (χ4v) is 3.20. The van der Waals surface area contributed by atoms with E-state index in [1.807, 2.05) is 42.5 Å². The van der Waals surface area contributed by atoms with Crippen LogP contribution in [-0.2, 0) is 4.79 Å². The third-order valence-electron chi connectivity index (χ3n) is 4.65. The highest BCUT2D eigenvalue weighted by atomic mass is 79.9. The van der Waals surface area contributed by atoms with Gasteiger partial charge in [-0.25, -0.2) is 0 Å². The lowest BCUT2D eigenvalue weighted by Gasteiger charge is -2.30. The van der Waals surface area contributed by atoms with Gasteiger partial charge in [-0.05, 0) is 52.0 Å². The van der Waals surface area contributed by atoms with Gasteiger partial charge >= 0.3 is 0 Å². The quantitative estimate of drug-likeness (QED) is 0.556. The van der Waals surface area contributed by atoms with Crippen molar-refractivity contribution in [2.75, 3.05) is 20.2 Å². The summed E-state index contributed by atoms with van der Waals surface area (Å²) in [4.78, 5) is 15.3. The summed E-state index contributed by atoms with van der Waals surface area (Å²) in [6, 6.07) is 17.7. The summed E-state index contributed by atoms with van der Waals surface area (Å²) < 4.78 is 11.2. The molecule has 1 unspecified atom stereocenters. The number of hydrogen-bond donors (Lipinski definition) is 1. The molecule has 1 N–H and O–H groups in total. The SMILES string of the molecule is Br.COc1ccc(OC(C(=O)NCCN(C(C)C)C(C)C)c2ccccc2)cc1. The molecule has 5 nitrogen and oxygen atoms in total. The Bertz CT molecular complexity index is 713. The van der Waals surface area contributed by atoms with Gasteiger partial charge in [0.2, 0.25) is 6.10 Å². The molecule has 1 atom stereocenters. The molecule has 0 radical (unpaired) electrons. The second kappa shape index (κ2) is 12.5. The Morgan fingerprint density at radius 3 is 2.00 bits per heavy atom. The Balaban J connectivity index is 0.00000420. The zero-order valence-electron chi connectivity index (χ0n) is 17.9. The van der Waals surface area contributed by atoms with Crippen molar-refractivity contribution in [1.82, 2.24) is 10.2 Å². The average molecular weight is 465 g/mol. The van der Waals surface area contributed by atoms with Gasteiger partial charge in [0.25, 0.3) is 5.91 Å². The van der Waals surface area contributed by atoms with E-state index in [9.17, 15) is 4.79 Å². The minimum Gasteiger partial charge on any atom is -0.497 e. The summed E-state index contributed by atoms with van der Waals surface area (Å²) in [5.41, 5.74) is 0.820. The Hall–Kier alpha value is -2.05. The van der Waals surface area contributed by atoms with Crippen molar-refractivity contribution < 1.29 is 14.3 Å². The first-order chi connectivity index (χ1) is 13.4. The van der Waals surface area contributed by atoms with Gasteiger partial charge in [0.05, 0.1) is 7.11 Å². The number of hydrogen-bond acceptors (Lipinski definition) is 4. The highest BCUT2D eigenvalue weighted by Gasteiger charge is 2.23. The molecule has 6 heteroatoms. The van der Waals surface area contributed by atoms with Crippen LogP contribution in [0.3, 0.4) is 0 Å². The molecule has 0 aliphatic heterocycles. The molecule has 29 heavy (non-hydrogen) atoms. The number of nitrogens with one attached hydrogen (secondary N) is 1. The standard InChI is InChI=1S/C23H32N2O3.BrH/c1-17(2)25(18(3)4)16-15-24-23(26)22(19-9-7-6-8-10-19)28-21-13-11-20(27-5)12-14-21;/h6-14,17-18,22H,15-16H2,1-5H3,(H,24,26);1H. The minimum atomic E-state index is -0.707. The monoisotopic (exact) mass is 464 g/mol. The van der Waals surface area contributed by atoms with Gasteiger partial charge in [0.15, 0.2) is 0 Å². The fourth-order valence-electron chi connectivity index (χ4n) is 3.20. The zero-order chi connectivity index (χ0) is 20.5. The highest BCUT2D eigenvalue weighted by Crippen LogP contribution is 2.24. The predicted molar refractivity (Wildman–Crippen MR) is 123 cm³/mol. The molecule has 0 aliphatic rings. The largest absolute Gasteiger partial charge is 0.497 e. The first kappa shape index (κ1) is 25.0.